The van der Waals surface area contributed by atoms with Crippen molar-refractivity contribution in [3.05, 3.63) is 23.8 Å². The van der Waals surface area contributed by atoms with E-state index in [0.717, 1.165) is 43.7 Å². The second kappa shape index (κ2) is 10.3. The molecule has 0 spiro atoms. The number of quaternary nitrogens is 1. The number of amides is 2. The number of aryl methyl sites for hydroxylation is 1. The van der Waals surface area contributed by atoms with E-state index in [9.17, 15) is 9.59 Å². The number of hydrogen-bond donors (Lipinski definition) is 2. The molecule has 27 heavy (non-hydrogen) atoms. The van der Waals surface area contributed by atoms with Crippen molar-refractivity contribution in [3.8, 4) is 5.75 Å². The van der Waals surface area contributed by atoms with Crippen molar-refractivity contribution in [2.75, 3.05) is 37.7 Å². The summed E-state index contributed by atoms with van der Waals surface area (Å²) in [6, 6.07) is 5.92. The molecule has 150 valence electrons. The van der Waals surface area contributed by atoms with Gasteiger partial charge in [0.1, 0.15) is 5.75 Å². The maximum atomic E-state index is 12.3. The zero-order valence-corrected chi connectivity index (χ0v) is 17.1. The molecule has 2 N–H and O–H groups in total. The van der Waals surface area contributed by atoms with Gasteiger partial charge in [0.05, 0.1) is 25.3 Å². The molecule has 0 radical (unpaired) electrons. The van der Waals surface area contributed by atoms with Crippen molar-refractivity contribution in [1.29, 1.82) is 0 Å². The van der Waals surface area contributed by atoms with Crippen LogP contribution in [0.2, 0.25) is 0 Å². The fraction of sp³-hybridized carbons (Fsp3) is 0.619. The topological polar surface area (TPSA) is 63.1 Å². The third kappa shape index (κ3) is 6.24. The Hall–Kier alpha value is -2.08. The molecule has 2 rings (SSSR count). The molecule has 1 aromatic carbocycles. The quantitative estimate of drug-likeness (QED) is 0.647. The van der Waals surface area contributed by atoms with E-state index in [2.05, 4.69) is 19.2 Å². The third-order valence-electron chi connectivity index (χ3n) is 5.20. The molecule has 0 aliphatic carbocycles. The van der Waals surface area contributed by atoms with Gasteiger partial charge in [-0.25, -0.2) is 0 Å². The zero-order valence-electron chi connectivity index (χ0n) is 17.1. The summed E-state index contributed by atoms with van der Waals surface area (Å²) < 4.78 is 5.51. The number of benzene rings is 1. The first-order valence-corrected chi connectivity index (χ1v) is 10.1. The Balaban J connectivity index is 1.79. The predicted octanol–water partition coefficient (Wildman–Crippen LogP) is 1.32. The van der Waals surface area contributed by atoms with Crippen LogP contribution in [0.4, 0.5) is 5.69 Å². The van der Waals surface area contributed by atoms with Gasteiger partial charge in [-0.2, -0.15) is 0 Å². The maximum Gasteiger partial charge on any atom is 0.265 e. The molecule has 1 heterocycles. The lowest BCUT2D eigenvalue weighted by atomic mass is 10.1. The summed E-state index contributed by atoms with van der Waals surface area (Å²) >= 11 is 0. The van der Waals surface area contributed by atoms with Crippen LogP contribution in [0.25, 0.3) is 0 Å². The Morgan fingerprint density at radius 3 is 2.78 bits per heavy atom. The van der Waals surface area contributed by atoms with Crippen LogP contribution >= 0.6 is 0 Å². The minimum Gasteiger partial charge on any atom is -0.482 e. The van der Waals surface area contributed by atoms with E-state index >= 15 is 0 Å². The van der Waals surface area contributed by atoms with Crippen LogP contribution in [0.1, 0.15) is 45.6 Å². The number of anilines is 1. The summed E-state index contributed by atoms with van der Waals surface area (Å²) in [4.78, 5) is 27.7. The molecule has 1 aliphatic heterocycles. The Bertz CT molecular complexity index is 644. The van der Waals surface area contributed by atoms with Crippen LogP contribution in [-0.4, -0.2) is 50.6 Å². The van der Waals surface area contributed by atoms with E-state index < -0.39 is 0 Å². The number of hydrogen-bond acceptors (Lipinski definition) is 3. The first-order chi connectivity index (χ1) is 12.9. The monoisotopic (exact) mass is 376 g/mol. The van der Waals surface area contributed by atoms with Gasteiger partial charge in [-0.05, 0) is 58.2 Å². The molecule has 2 amide bonds. The first kappa shape index (κ1) is 21.2. The molecular formula is C21H34N3O3+. The number of carbonyl (C=O) groups is 2. The molecule has 1 aromatic rings. The van der Waals surface area contributed by atoms with Gasteiger partial charge in [0.25, 0.3) is 5.91 Å². The van der Waals surface area contributed by atoms with Gasteiger partial charge in [0.2, 0.25) is 5.91 Å². The molecule has 0 saturated carbocycles. The summed E-state index contributed by atoms with van der Waals surface area (Å²) in [5, 5.41) is 3.06. The fourth-order valence-corrected chi connectivity index (χ4v) is 3.45. The molecule has 0 unspecified atom stereocenters. The second-order valence-corrected chi connectivity index (χ2v) is 7.37. The minimum atomic E-state index is -0.102. The van der Waals surface area contributed by atoms with Gasteiger partial charge in [-0.15, -0.1) is 0 Å². The van der Waals surface area contributed by atoms with Crippen molar-refractivity contribution >= 4 is 17.5 Å². The SMILES string of the molecule is CC[NH+](CC)CCC[C@H](C)NC(=O)CCN1C(=O)COc2cc(C)ccc21. The van der Waals surface area contributed by atoms with Crippen molar-refractivity contribution in [1.82, 2.24) is 5.32 Å². The summed E-state index contributed by atoms with van der Waals surface area (Å²) in [7, 11) is 0. The van der Waals surface area contributed by atoms with Crippen molar-refractivity contribution in [2.45, 2.75) is 53.0 Å². The van der Waals surface area contributed by atoms with Crippen LogP contribution in [0, 0.1) is 6.92 Å². The van der Waals surface area contributed by atoms with Gasteiger partial charge in [-0.3, -0.25) is 9.59 Å². The molecule has 1 aliphatic rings. The van der Waals surface area contributed by atoms with E-state index in [1.54, 1.807) is 9.80 Å². The third-order valence-corrected chi connectivity index (χ3v) is 5.20. The van der Waals surface area contributed by atoms with Crippen LogP contribution in [0.3, 0.4) is 0 Å². The van der Waals surface area contributed by atoms with E-state index in [1.165, 1.54) is 0 Å². The van der Waals surface area contributed by atoms with E-state index in [1.807, 2.05) is 32.0 Å². The number of fused-ring (bicyclic) bond motifs is 1. The normalized spacial score (nSPS) is 14.7. The Kier molecular flexibility index (Phi) is 8.10. The van der Waals surface area contributed by atoms with Gasteiger partial charge in [-0.1, -0.05) is 6.07 Å². The highest BCUT2D eigenvalue weighted by Gasteiger charge is 2.26. The summed E-state index contributed by atoms with van der Waals surface area (Å²) in [6.07, 6.45) is 2.38. The van der Waals surface area contributed by atoms with E-state index in [0.29, 0.717) is 18.7 Å². The highest BCUT2D eigenvalue weighted by atomic mass is 16.5. The lowest BCUT2D eigenvalue weighted by Crippen LogP contribution is -3.11. The molecule has 6 nitrogen and oxygen atoms in total. The van der Waals surface area contributed by atoms with Gasteiger partial charge >= 0.3 is 0 Å². The first-order valence-electron chi connectivity index (χ1n) is 10.1. The average Bonchev–Trinajstić information content (AvgIpc) is 2.64. The molecule has 0 saturated heterocycles. The summed E-state index contributed by atoms with van der Waals surface area (Å²) in [5.74, 6) is 0.599. The highest BCUT2D eigenvalue weighted by Crippen LogP contribution is 2.32. The largest absolute Gasteiger partial charge is 0.482 e. The average molecular weight is 377 g/mol. The lowest BCUT2D eigenvalue weighted by molar-refractivity contribution is -0.896. The Labute approximate surface area is 162 Å². The highest BCUT2D eigenvalue weighted by molar-refractivity contribution is 5.98. The lowest BCUT2D eigenvalue weighted by Gasteiger charge is -2.29. The van der Waals surface area contributed by atoms with Crippen LogP contribution in [0.15, 0.2) is 18.2 Å². The summed E-state index contributed by atoms with van der Waals surface area (Å²) in [5.41, 5.74) is 1.83. The number of ether oxygens (including phenoxy) is 1. The molecule has 0 bridgehead atoms. The van der Waals surface area contributed by atoms with Crippen LogP contribution in [-0.2, 0) is 9.59 Å². The van der Waals surface area contributed by atoms with Gasteiger partial charge < -0.3 is 19.9 Å². The standard InChI is InChI=1S/C21H33N3O3/c1-5-23(6-2)12-7-8-17(4)22-20(25)11-13-24-18-10-9-16(3)14-19(18)27-15-21(24)26/h9-10,14,17H,5-8,11-13,15H2,1-4H3,(H,22,25)/p+1/t17-/m0/s1. The van der Waals surface area contributed by atoms with Crippen molar-refractivity contribution in [3.63, 3.8) is 0 Å². The molecule has 0 fully saturated rings. The zero-order chi connectivity index (χ0) is 19.8. The van der Waals surface area contributed by atoms with E-state index in [4.69, 9.17) is 4.74 Å². The number of nitrogens with one attached hydrogen (secondary N) is 2. The summed E-state index contributed by atoms with van der Waals surface area (Å²) in [6.45, 7) is 12.3. The Morgan fingerprint density at radius 1 is 1.33 bits per heavy atom. The predicted molar refractivity (Wildman–Crippen MR) is 107 cm³/mol. The minimum absolute atomic E-state index is 0.00867. The maximum absolute atomic E-state index is 12.3. The number of nitrogens with zero attached hydrogens (tertiary/aromatic N) is 1. The second-order valence-electron chi connectivity index (χ2n) is 7.37. The van der Waals surface area contributed by atoms with E-state index in [-0.39, 0.29) is 24.5 Å². The molecule has 0 aromatic heterocycles. The van der Waals surface area contributed by atoms with Crippen LogP contribution < -0.4 is 19.9 Å². The number of rotatable bonds is 10. The molecule has 6 heteroatoms. The smallest absolute Gasteiger partial charge is 0.265 e. The van der Waals surface area contributed by atoms with Crippen molar-refractivity contribution in [2.24, 2.45) is 0 Å². The Morgan fingerprint density at radius 2 is 2.07 bits per heavy atom. The van der Waals surface area contributed by atoms with Gasteiger partial charge in [0, 0.05) is 19.0 Å². The fourth-order valence-electron chi connectivity index (χ4n) is 3.45. The molecular weight excluding hydrogens is 342 g/mol. The number of carbonyl (C=O) groups excluding carboxylic acids is 2. The van der Waals surface area contributed by atoms with Gasteiger partial charge in [0.15, 0.2) is 6.61 Å². The van der Waals surface area contributed by atoms with Crippen molar-refractivity contribution < 1.29 is 19.2 Å². The molecule has 1 atom stereocenters. The van der Waals surface area contributed by atoms with Crippen LogP contribution in [0.5, 0.6) is 5.75 Å².